The average molecular weight is 310 g/mol. The van der Waals surface area contributed by atoms with Gasteiger partial charge in [-0.25, -0.2) is 0 Å². The Morgan fingerprint density at radius 3 is 2.95 bits per heavy atom. The van der Waals surface area contributed by atoms with Crippen LogP contribution in [0.25, 0.3) is 0 Å². The van der Waals surface area contributed by atoms with E-state index in [2.05, 4.69) is 17.1 Å². The van der Waals surface area contributed by atoms with Crippen LogP contribution in [0, 0.1) is 5.92 Å². The third-order valence-electron chi connectivity index (χ3n) is 4.38. The molecule has 0 aliphatic carbocycles. The van der Waals surface area contributed by atoms with Crippen molar-refractivity contribution in [3.63, 3.8) is 0 Å². The Kier molecular flexibility index (Phi) is 6.96. The van der Waals surface area contributed by atoms with Crippen LogP contribution in [0.2, 0.25) is 0 Å². The zero-order valence-electron chi connectivity index (χ0n) is 13.7. The molecule has 2 fully saturated rings. The van der Waals surface area contributed by atoms with Gasteiger partial charge in [0.1, 0.15) is 0 Å². The molecule has 2 atom stereocenters. The molecule has 2 heterocycles. The van der Waals surface area contributed by atoms with E-state index in [1.54, 1.807) is 0 Å². The predicted octanol–water partition coefficient (Wildman–Crippen LogP) is 1.11. The molecule has 2 rings (SSSR count). The number of aliphatic imine (C=N–C) groups is 1. The minimum absolute atomic E-state index is 0.202. The summed E-state index contributed by atoms with van der Waals surface area (Å²) in [7, 11) is 0. The van der Waals surface area contributed by atoms with Crippen LogP contribution in [0.4, 0.5) is 0 Å². The molecule has 0 bridgehead atoms. The largest absolute Gasteiger partial charge is 0.378 e. The molecule has 6 nitrogen and oxygen atoms in total. The van der Waals surface area contributed by atoms with Crippen molar-refractivity contribution in [1.29, 1.82) is 0 Å². The second-order valence-corrected chi connectivity index (χ2v) is 6.28. The van der Waals surface area contributed by atoms with Gasteiger partial charge in [0.15, 0.2) is 5.96 Å². The van der Waals surface area contributed by atoms with Crippen molar-refractivity contribution in [3.8, 4) is 0 Å². The first kappa shape index (κ1) is 17.1. The second kappa shape index (κ2) is 8.98. The van der Waals surface area contributed by atoms with Crippen molar-refractivity contribution in [3.05, 3.63) is 0 Å². The van der Waals surface area contributed by atoms with E-state index in [9.17, 15) is 4.79 Å². The minimum atomic E-state index is -0.202. The van der Waals surface area contributed by atoms with Crippen LogP contribution in [-0.4, -0.2) is 55.7 Å². The van der Waals surface area contributed by atoms with Crippen LogP contribution in [0.5, 0.6) is 0 Å². The van der Waals surface area contributed by atoms with Crippen molar-refractivity contribution in [2.45, 2.75) is 51.6 Å². The average Bonchev–Trinajstić information content (AvgIpc) is 2.99. The number of carbonyl (C=O) groups excluding carboxylic acids is 1. The molecule has 0 aromatic rings. The van der Waals surface area contributed by atoms with Gasteiger partial charge in [0, 0.05) is 39.2 Å². The van der Waals surface area contributed by atoms with Gasteiger partial charge in [0.2, 0.25) is 5.91 Å². The van der Waals surface area contributed by atoms with Crippen molar-refractivity contribution in [1.82, 2.24) is 10.2 Å². The highest BCUT2D eigenvalue weighted by Crippen LogP contribution is 2.20. The van der Waals surface area contributed by atoms with E-state index in [1.807, 2.05) is 0 Å². The SMILES string of the molecule is CCNC(=NCCC1CCCO1)N1CCCC(CC(N)=O)C1. The van der Waals surface area contributed by atoms with Gasteiger partial charge in [0.25, 0.3) is 0 Å². The van der Waals surface area contributed by atoms with Crippen molar-refractivity contribution < 1.29 is 9.53 Å². The summed E-state index contributed by atoms with van der Waals surface area (Å²) in [6.45, 7) is 6.51. The fourth-order valence-corrected chi connectivity index (χ4v) is 3.32. The topological polar surface area (TPSA) is 80.0 Å². The number of primary amides is 1. The second-order valence-electron chi connectivity index (χ2n) is 6.28. The van der Waals surface area contributed by atoms with Crippen molar-refractivity contribution in [2.75, 3.05) is 32.8 Å². The molecule has 3 N–H and O–H groups in total. The van der Waals surface area contributed by atoms with Crippen LogP contribution in [-0.2, 0) is 9.53 Å². The van der Waals surface area contributed by atoms with E-state index in [4.69, 9.17) is 15.5 Å². The minimum Gasteiger partial charge on any atom is -0.378 e. The number of amides is 1. The maximum absolute atomic E-state index is 11.1. The van der Waals surface area contributed by atoms with Gasteiger partial charge in [-0.3, -0.25) is 9.79 Å². The number of hydrogen-bond donors (Lipinski definition) is 2. The molecule has 2 saturated heterocycles. The summed E-state index contributed by atoms with van der Waals surface area (Å²) < 4.78 is 5.65. The molecule has 126 valence electrons. The van der Waals surface area contributed by atoms with E-state index in [1.165, 1.54) is 6.42 Å². The number of nitrogens with one attached hydrogen (secondary N) is 1. The molecule has 2 aliphatic rings. The molecule has 22 heavy (non-hydrogen) atoms. The molecule has 0 aromatic carbocycles. The van der Waals surface area contributed by atoms with Crippen LogP contribution >= 0.6 is 0 Å². The van der Waals surface area contributed by atoms with Crippen molar-refractivity contribution >= 4 is 11.9 Å². The maximum atomic E-state index is 11.1. The van der Waals surface area contributed by atoms with E-state index in [-0.39, 0.29) is 5.91 Å². The first-order valence-electron chi connectivity index (χ1n) is 8.62. The molecular formula is C16H30N4O2. The zero-order valence-corrected chi connectivity index (χ0v) is 13.7. The summed E-state index contributed by atoms with van der Waals surface area (Å²) in [5, 5.41) is 3.37. The Balaban J connectivity index is 1.86. The lowest BCUT2D eigenvalue weighted by Crippen LogP contribution is -2.47. The lowest BCUT2D eigenvalue weighted by atomic mass is 9.95. The Morgan fingerprint density at radius 2 is 2.27 bits per heavy atom. The number of ether oxygens (including phenoxy) is 1. The molecule has 2 unspecified atom stereocenters. The van der Waals surface area contributed by atoms with E-state index in [0.717, 1.165) is 64.4 Å². The van der Waals surface area contributed by atoms with Crippen LogP contribution in [0.15, 0.2) is 4.99 Å². The van der Waals surface area contributed by atoms with Gasteiger partial charge in [-0.05, 0) is 44.9 Å². The normalized spacial score (nSPS) is 26.2. The number of nitrogens with zero attached hydrogens (tertiary/aromatic N) is 2. The van der Waals surface area contributed by atoms with Gasteiger partial charge < -0.3 is 20.7 Å². The lowest BCUT2D eigenvalue weighted by molar-refractivity contribution is -0.119. The zero-order chi connectivity index (χ0) is 15.8. The van der Waals surface area contributed by atoms with Crippen LogP contribution in [0.3, 0.4) is 0 Å². The summed E-state index contributed by atoms with van der Waals surface area (Å²) in [5.41, 5.74) is 5.34. The monoisotopic (exact) mass is 310 g/mol. The number of likely N-dealkylation sites (tertiary alicyclic amines) is 1. The summed E-state index contributed by atoms with van der Waals surface area (Å²) in [4.78, 5) is 18.2. The number of guanidine groups is 1. The first-order valence-corrected chi connectivity index (χ1v) is 8.62. The van der Waals surface area contributed by atoms with E-state index in [0.29, 0.717) is 18.4 Å². The van der Waals surface area contributed by atoms with Gasteiger partial charge in [-0.2, -0.15) is 0 Å². The summed E-state index contributed by atoms with van der Waals surface area (Å²) in [6.07, 6.45) is 6.36. The van der Waals surface area contributed by atoms with Crippen molar-refractivity contribution in [2.24, 2.45) is 16.6 Å². The predicted molar refractivity (Wildman–Crippen MR) is 87.7 cm³/mol. The van der Waals surface area contributed by atoms with E-state index >= 15 is 0 Å². The first-order chi connectivity index (χ1) is 10.7. The number of carbonyl (C=O) groups is 1. The number of nitrogens with two attached hydrogens (primary N) is 1. The van der Waals surface area contributed by atoms with Gasteiger partial charge in [-0.1, -0.05) is 0 Å². The molecule has 0 saturated carbocycles. The smallest absolute Gasteiger partial charge is 0.217 e. The molecule has 0 aromatic heterocycles. The fraction of sp³-hybridized carbons (Fsp3) is 0.875. The molecule has 2 aliphatic heterocycles. The Bertz CT molecular complexity index is 380. The summed E-state index contributed by atoms with van der Waals surface area (Å²) in [6, 6.07) is 0. The third kappa shape index (κ3) is 5.48. The summed E-state index contributed by atoms with van der Waals surface area (Å²) in [5.74, 6) is 1.12. The summed E-state index contributed by atoms with van der Waals surface area (Å²) >= 11 is 0. The Hall–Kier alpha value is -1.30. The molecular weight excluding hydrogens is 280 g/mol. The highest BCUT2D eigenvalue weighted by molar-refractivity contribution is 5.80. The molecule has 6 heteroatoms. The van der Waals surface area contributed by atoms with Gasteiger partial charge >= 0.3 is 0 Å². The van der Waals surface area contributed by atoms with E-state index < -0.39 is 0 Å². The highest BCUT2D eigenvalue weighted by Gasteiger charge is 2.23. The van der Waals surface area contributed by atoms with Gasteiger partial charge in [-0.15, -0.1) is 0 Å². The fourth-order valence-electron chi connectivity index (χ4n) is 3.32. The van der Waals surface area contributed by atoms with Gasteiger partial charge in [0.05, 0.1) is 6.10 Å². The molecule has 0 spiro atoms. The number of hydrogen-bond acceptors (Lipinski definition) is 3. The van der Waals surface area contributed by atoms with Crippen LogP contribution < -0.4 is 11.1 Å². The quantitative estimate of drug-likeness (QED) is 0.569. The highest BCUT2D eigenvalue weighted by atomic mass is 16.5. The Morgan fingerprint density at radius 1 is 1.41 bits per heavy atom. The standard InChI is InChI=1S/C16H30N4O2/c1-2-18-16(19-8-7-14-6-4-10-22-14)20-9-3-5-13(12-20)11-15(17)21/h13-14H,2-12H2,1H3,(H2,17,21)(H,18,19). The third-order valence-corrected chi connectivity index (χ3v) is 4.38. The molecule has 1 amide bonds. The van der Waals surface area contributed by atoms with Crippen LogP contribution in [0.1, 0.15) is 45.4 Å². The molecule has 0 radical (unpaired) electrons. The maximum Gasteiger partial charge on any atom is 0.217 e. The number of rotatable bonds is 6. The Labute approximate surface area is 133 Å². The number of piperidine rings is 1. The lowest BCUT2D eigenvalue weighted by Gasteiger charge is -2.34.